The van der Waals surface area contributed by atoms with Gasteiger partial charge in [-0.15, -0.1) is 10.2 Å². The molecule has 34 heavy (non-hydrogen) atoms. The molecule has 0 saturated heterocycles. The molecule has 9 heteroatoms. The first kappa shape index (κ1) is 22.5. The van der Waals surface area contributed by atoms with Crippen molar-refractivity contribution < 1.29 is 13.2 Å². The smallest absolute Gasteiger partial charge is 0.258 e. The quantitative estimate of drug-likeness (QED) is 0.314. The van der Waals surface area contributed by atoms with Gasteiger partial charge in [-0.1, -0.05) is 24.0 Å². The van der Waals surface area contributed by atoms with Crippen LogP contribution in [-0.2, 0) is 0 Å². The first-order valence-corrected chi connectivity index (χ1v) is 11.3. The van der Waals surface area contributed by atoms with Crippen molar-refractivity contribution in [3.8, 4) is 11.8 Å². The van der Waals surface area contributed by atoms with Gasteiger partial charge in [0, 0.05) is 22.1 Å². The average Bonchev–Trinajstić information content (AvgIpc) is 3.59. The molecule has 0 aliphatic heterocycles. The summed E-state index contributed by atoms with van der Waals surface area (Å²) in [6, 6.07) is 11.2. The highest BCUT2D eigenvalue weighted by Crippen LogP contribution is 2.44. The van der Waals surface area contributed by atoms with Crippen molar-refractivity contribution in [1.82, 2.24) is 19.6 Å². The van der Waals surface area contributed by atoms with Crippen LogP contribution in [0, 0.1) is 29.0 Å². The van der Waals surface area contributed by atoms with Crippen LogP contribution >= 0.6 is 11.6 Å². The van der Waals surface area contributed by atoms with Gasteiger partial charge in [0.1, 0.15) is 11.6 Å². The molecule has 4 aromatic rings. The van der Waals surface area contributed by atoms with E-state index in [1.807, 2.05) is 0 Å². The maximum atomic E-state index is 14.7. The number of para-hydroxylation sites is 1. The number of fused-ring (bicyclic) bond motifs is 3. The Morgan fingerprint density at radius 2 is 1.94 bits per heavy atom. The summed E-state index contributed by atoms with van der Waals surface area (Å²) < 4.78 is 43.6. The fraction of sp³-hybridized carbons (Fsp3) is 0.320. The van der Waals surface area contributed by atoms with E-state index < -0.39 is 18.8 Å². The zero-order valence-electron chi connectivity index (χ0n) is 18.6. The molecule has 5 nitrogen and oxygen atoms in total. The Kier molecular flexibility index (Phi) is 5.61. The van der Waals surface area contributed by atoms with Gasteiger partial charge in [-0.2, -0.15) is 4.98 Å². The molecule has 2 aromatic carbocycles. The fourth-order valence-electron chi connectivity index (χ4n) is 4.15. The van der Waals surface area contributed by atoms with Crippen LogP contribution in [0.4, 0.5) is 24.7 Å². The second-order valence-electron chi connectivity index (χ2n) is 9.00. The lowest BCUT2D eigenvalue weighted by atomic mass is 9.88. The predicted molar refractivity (Wildman–Crippen MR) is 126 cm³/mol. The van der Waals surface area contributed by atoms with Crippen molar-refractivity contribution in [3.63, 3.8) is 0 Å². The molecule has 2 heterocycles. The molecule has 0 N–H and O–H groups in total. The van der Waals surface area contributed by atoms with Crippen LogP contribution in [0.15, 0.2) is 42.5 Å². The zero-order valence-corrected chi connectivity index (χ0v) is 19.3. The van der Waals surface area contributed by atoms with E-state index in [9.17, 15) is 13.2 Å². The van der Waals surface area contributed by atoms with Crippen molar-refractivity contribution in [2.45, 2.75) is 33.1 Å². The van der Waals surface area contributed by atoms with Gasteiger partial charge >= 0.3 is 0 Å². The molecule has 5 rings (SSSR count). The largest absolute Gasteiger partial charge is 0.320 e. The van der Waals surface area contributed by atoms with Crippen LogP contribution in [0.3, 0.4) is 0 Å². The van der Waals surface area contributed by atoms with Gasteiger partial charge in [-0.05, 0) is 74.5 Å². The Hall–Kier alpha value is -3.31. The molecule has 1 aliphatic carbocycles. The van der Waals surface area contributed by atoms with E-state index >= 15 is 0 Å². The fourth-order valence-corrected chi connectivity index (χ4v) is 4.35. The van der Waals surface area contributed by atoms with Crippen LogP contribution in [0.25, 0.3) is 16.7 Å². The van der Waals surface area contributed by atoms with Crippen LogP contribution in [0.2, 0.25) is 5.28 Å². The molecule has 0 amide bonds. The summed E-state index contributed by atoms with van der Waals surface area (Å²) in [6.45, 7) is 3.44. The molecule has 1 aliphatic rings. The Morgan fingerprint density at radius 1 is 1.18 bits per heavy atom. The van der Waals surface area contributed by atoms with Crippen LogP contribution in [-0.4, -0.2) is 32.6 Å². The Labute approximate surface area is 199 Å². The van der Waals surface area contributed by atoms with Gasteiger partial charge in [0.25, 0.3) is 12.2 Å². The van der Waals surface area contributed by atoms with Gasteiger partial charge in [0.05, 0.1) is 12.1 Å². The van der Waals surface area contributed by atoms with E-state index in [0.717, 1.165) is 12.8 Å². The Morgan fingerprint density at radius 3 is 2.68 bits per heavy atom. The Balaban J connectivity index is 1.67. The number of anilines is 2. The molecule has 0 bridgehead atoms. The van der Waals surface area contributed by atoms with E-state index in [2.05, 4.69) is 40.9 Å². The molecule has 0 spiro atoms. The maximum absolute atomic E-state index is 14.7. The second-order valence-corrected chi connectivity index (χ2v) is 9.34. The normalized spacial score (nSPS) is 14.0. The van der Waals surface area contributed by atoms with E-state index in [0.29, 0.717) is 22.4 Å². The van der Waals surface area contributed by atoms with Crippen molar-refractivity contribution in [3.05, 3.63) is 59.1 Å². The number of rotatable bonds is 5. The average molecular weight is 484 g/mol. The van der Waals surface area contributed by atoms with Gasteiger partial charge in [0.15, 0.2) is 0 Å². The molecule has 0 radical (unpaired) electrons. The summed E-state index contributed by atoms with van der Waals surface area (Å²) in [6.07, 6.45) is -0.442. The highest BCUT2D eigenvalue weighted by molar-refractivity contribution is 6.29. The topological polar surface area (TPSA) is 46.3 Å². The molecule has 174 valence electrons. The lowest BCUT2D eigenvalue weighted by Crippen LogP contribution is -2.25. The van der Waals surface area contributed by atoms with Crippen LogP contribution in [0.1, 0.15) is 32.3 Å². The SMILES string of the molecule is CC(C)(C#Cc1cc(F)cc(N(CC(F)F)c2nc3nnc(Cl)n3c3ccccc23)c1)C1CC1. The monoisotopic (exact) mass is 483 g/mol. The minimum absolute atomic E-state index is 0.104. The molecular formula is C25H21ClF3N5. The highest BCUT2D eigenvalue weighted by Gasteiger charge is 2.36. The standard InChI is InChI=1S/C25H21ClF3N5/c1-25(2,16-7-8-16)10-9-15-11-17(27)13-18(12-15)33(14-21(28)29)22-19-5-3-4-6-20(19)34-23(26)31-32-24(34)30-22/h3-6,11-13,16,21H,7-8,14H2,1-2H3. The highest BCUT2D eigenvalue weighted by atomic mass is 35.5. The molecular weight excluding hydrogens is 463 g/mol. The number of nitrogens with zero attached hydrogens (tertiary/aromatic N) is 5. The van der Waals surface area contributed by atoms with Crippen molar-refractivity contribution in [2.75, 3.05) is 11.4 Å². The molecule has 2 aromatic heterocycles. The van der Waals surface area contributed by atoms with Gasteiger partial charge in [0.2, 0.25) is 5.28 Å². The maximum Gasteiger partial charge on any atom is 0.258 e. The van der Waals surface area contributed by atoms with Gasteiger partial charge in [-0.25, -0.2) is 17.6 Å². The number of hydrogen-bond acceptors (Lipinski definition) is 4. The summed E-state index contributed by atoms with van der Waals surface area (Å²) in [5.74, 6) is 6.60. The zero-order chi connectivity index (χ0) is 24.0. The second kappa shape index (κ2) is 8.48. The lowest BCUT2D eigenvalue weighted by Gasteiger charge is -2.25. The van der Waals surface area contributed by atoms with Crippen LogP contribution in [0.5, 0.6) is 0 Å². The third-order valence-electron chi connectivity index (χ3n) is 6.10. The number of alkyl halides is 2. The summed E-state index contributed by atoms with van der Waals surface area (Å²) >= 11 is 6.18. The van der Waals surface area contributed by atoms with E-state index in [-0.39, 0.29) is 28.0 Å². The predicted octanol–water partition coefficient (Wildman–Crippen LogP) is 6.26. The van der Waals surface area contributed by atoms with Crippen molar-refractivity contribution >= 4 is 39.8 Å². The number of aromatic nitrogens is 4. The van der Waals surface area contributed by atoms with Gasteiger partial charge < -0.3 is 4.90 Å². The van der Waals surface area contributed by atoms with E-state index in [4.69, 9.17) is 11.6 Å². The lowest BCUT2D eigenvalue weighted by molar-refractivity contribution is 0.158. The van der Waals surface area contributed by atoms with Crippen molar-refractivity contribution in [2.24, 2.45) is 11.3 Å². The molecule has 0 unspecified atom stereocenters. The molecule has 0 atom stereocenters. The molecule has 1 saturated carbocycles. The van der Waals surface area contributed by atoms with Crippen LogP contribution < -0.4 is 4.90 Å². The minimum atomic E-state index is -2.70. The molecule has 1 fully saturated rings. The third-order valence-corrected chi connectivity index (χ3v) is 6.34. The van der Waals surface area contributed by atoms with Crippen molar-refractivity contribution in [1.29, 1.82) is 0 Å². The number of benzene rings is 2. The van der Waals surface area contributed by atoms with E-state index in [1.165, 1.54) is 21.4 Å². The first-order valence-electron chi connectivity index (χ1n) is 10.9. The first-order chi connectivity index (χ1) is 16.2. The number of halogens is 4. The van der Waals surface area contributed by atoms with Gasteiger partial charge in [-0.3, -0.25) is 0 Å². The summed E-state index contributed by atoms with van der Waals surface area (Å²) in [5.41, 5.74) is 1.05. The minimum Gasteiger partial charge on any atom is -0.320 e. The Bertz CT molecular complexity index is 1450. The summed E-state index contributed by atoms with van der Waals surface area (Å²) in [4.78, 5) is 5.76. The summed E-state index contributed by atoms with van der Waals surface area (Å²) in [5, 5.41) is 8.45. The van der Waals surface area contributed by atoms with E-state index in [1.54, 1.807) is 30.3 Å². The third kappa shape index (κ3) is 4.28. The summed E-state index contributed by atoms with van der Waals surface area (Å²) in [7, 11) is 0. The number of hydrogen-bond donors (Lipinski definition) is 0.